The van der Waals surface area contributed by atoms with Gasteiger partial charge in [0, 0.05) is 30.9 Å². The van der Waals surface area contributed by atoms with Crippen molar-refractivity contribution >= 4 is 23.0 Å². The van der Waals surface area contributed by atoms with Crippen LogP contribution in [-0.4, -0.2) is 23.9 Å². The van der Waals surface area contributed by atoms with Gasteiger partial charge >= 0.3 is 0 Å². The zero-order valence-electron chi connectivity index (χ0n) is 10.8. The van der Waals surface area contributed by atoms with Gasteiger partial charge in [-0.15, -0.1) is 0 Å². The molecule has 0 aliphatic heterocycles. The predicted octanol–water partition coefficient (Wildman–Crippen LogP) is 1.59. The van der Waals surface area contributed by atoms with E-state index in [9.17, 15) is 4.79 Å². The minimum absolute atomic E-state index is 0.166. The second-order valence-corrected chi connectivity index (χ2v) is 4.88. The average molecular weight is 279 g/mol. The standard InChI is InChI=1S/C13H15ClN4O/c1-17(2)11-6-13(19)18(16-7-11)8-9-3-4-10(14)5-12(9)15/h3-7H,8,15H2,1-2H3. The summed E-state index contributed by atoms with van der Waals surface area (Å²) in [6.07, 6.45) is 1.65. The molecule has 5 nitrogen and oxygen atoms in total. The van der Waals surface area contributed by atoms with Crippen LogP contribution < -0.4 is 16.2 Å². The van der Waals surface area contributed by atoms with E-state index in [1.165, 1.54) is 4.68 Å². The minimum Gasteiger partial charge on any atom is -0.398 e. The van der Waals surface area contributed by atoms with E-state index in [1.54, 1.807) is 30.5 Å². The Morgan fingerprint density at radius 3 is 2.68 bits per heavy atom. The summed E-state index contributed by atoms with van der Waals surface area (Å²) in [6, 6.07) is 6.74. The molecule has 0 unspecified atom stereocenters. The van der Waals surface area contributed by atoms with Gasteiger partial charge in [0.05, 0.1) is 18.4 Å². The summed E-state index contributed by atoms with van der Waals surface area (Å²) in [5.41, 5.74) is 7.83. The molecular weight excluding hydrogens is 264 g/mol. The third-order valence-corrected chi connectivity index (χ3v) is 3.03. The van der Waals surface area contributed by atoms with Crippen molar-refractivity contribution < 1.29 is 0 Å². The van der Waals surface area contributed by atoms with E-state index in [-0.39, 0.29) is 5.56 Å². The maximum absolute atomic E-state index is 11.9. The lowest BCUT2D eigenvalue weighted by atomic mass is 10.2. The largest absolute Gasteiger partial charge is 0.398 e. The van der Waals surface area contributed by atoms with Crippen molar-refractivity contribution in [2.45, 2.75) is 6.54 Å². The van der Waals surface area contributed by atoms with Crippen molar-refractivity contribution in [2.24, 2.45) is 0 Å². The predicted molar refractivity (Wildman–Crippen MR) is 77.8 cm³/mol. The first kappa shape index (κ1) is 13.4. The Kier molecular flexibility index (Phi) is 3.76. The first-order chi connectivity index (χ1) is 8.97. The number of aromatic nitrogens is 2. The summed E-state index contributed by atoms with van der Waals surface area (Å²) in [6.45, 7) is 0.329. The van der Waals surface area contributed by atoms with E-state index in [0.29, 0.717) is 17.3 Å². The van der Waals surface area contributed by atoms with Crippen LogP contribution in [0.25, 0.3) is 0 Å². The van der Waals surface area contributed by atoms with Crippen LogP contribution in [0.4, 0.5) is 11.4 Å². The van der Waals surface area contributed by atoms with Gasteiger partial charge in [-0.1, -0.05) is 17.7 Å². The zero-order valence-corrected chi connectivity index (χ0v) is 11.6. The number of anilines is 2. The molecule has 0 spiro atoms. The first-order valence-corrected chi connectivity index (χ1v) is 6.13. The monoisotopic (exact) mass is 278 g/mol. The molecule has 0 amide bonds. The van der Waals surface area contributed by atoms with Crippen LogP contribution in [0, 0.1) is 0 Å². The highest BCUT2D eigenvalue weighted by Crippen LogP contribution is 2.18. The molecule has 2 aromatic rings. The second-order valence-electron chi connectivity index (χ2n) is 4.45. The Balaban J connectivity index is 2.31. The molecule has 2 rings (SSSR count). The van der Waals surface area contributed by atoms with Gasteiger partial charge in [-0.2, -0.15) is 5.10 Å². The number of halogens is 1. The van der Waals surface area contributed by atoms with E-state index in [0.717, 1.165) is 11.3 Å². The molecule has 0 aliphatic carbocycles. The first-order valence-electron chi connectivity index (χ1n) is 5.76. The van der Waals surface area contributed by atoms with E-state index in [2.05, 4.69) is 5.10 Å². The summed E-state index contributed by atoms with van der Waals surface area (Å²) in [5, 5.41) is 4.71. The fourth-order valence-electron chi connectivity index (χ4n) is 1.66. The van der Waals surface area contributed by atoms with Crippen molar-refractivity contribution in [3.63, 3.8) is 0 Å². The smallest absolute Gasteiger partial charge is 0.269 e. The summed E-state index contributed by atoms with van der Waals surface area (Å²) in [7, 11) is 3.72. The van der Waals surface area contributed by atoms with E-state index < -0.39 is 0 Å². The van der Waals surface area contributed by atoms with Crippen LogP contribution in [-0.2, 0) is 6.54 Å². The van der Waals surface area contributed by atoms with Gasteiger partial charge in [0.1, 0.15) is 0 Å². The highest BCUT2D eigenvalue weighted by atomic mass is 35.5. The summed E-state index contributed by atoms with van der Waals surface area (Å²) < 4.78 is 1.37. The van der Waals surface area contributed by atoms with Gasteiger partial charge < -0.3 is 10.6 Å². The van der Waals surface area contributed by atoms with Crippen molar-refractivity contribution in [3.8, 4) is 0 Å². The molecule has 0 aliphatic rings. The molecule has 19 heavy (non-hydrogen) atoms. The lowest BCUT2D eigenvalue weighted by Gasteiger charge is -2.13. The molecule has 0 bridgehead atoms. The quantitative estimate of drug-likeness (QED) is 0.866. The Labute approximate surface area is 116 Å². The molecule has 1 aromatic carbocycles. The van der Waals surface area contributed by atoms with Gasteiger partial charge in [-0.25, -0.2) is 4.68 Å². The fourth-order valence-corrected chi connectivity index (χ4v) is 1.84. The van der Waals surface area contributed by atoms with Crippen molar-refractivity contribution in [3.05, 3.63) is 51.4 Å². The molecule has 100 valence electrons. The number of nitrogen functional groups attached to an aromatic ring is 1. The van der Waals surface area contributed by atoms with Crippen LogP contribution in [0.2, 0.25) is 5.02 Å². The molecule has 1 heterocycles. The average Bonchev–Trinajstić information content (AvgIpc) is 2.34. The Morgan fingerprint density at radius 2 is 2.11 bits per heavy atom. The molecule has 2 N–H and O–H groups in total. The Hall–Kier alpha value is -2.01. The van der Waals surface area contributed by atoms with Crippen LogP contribution >= 0.6 is 11.6 Å². The van der Waals surface area contributed by atoms with Gasteiger partial charge in [0.15, 0.2) is 0 Å². The molecule has 0 radical (unpaired) electrons. The summed E-state index contributed by atoms with van der Waals surface area (Å²) in [5.74, 6) is 0. The Morgan fingerprint density at radius 1 is 1.37 bits per heavy atom. The lowest BCUT2D eigenvalue weighted by Crippen LogP contribution is -2.25. The molecule has 0 fully saturated rings. The van der Waals surface area contributed by atoms with Gasteiger partial charge in [0.2, 0.25) is 0 Å². The fraction of sp³-hybridized carbons (Fsp3) is 0.231. The van der Waals surface area contributed by atoms with E-state index in [1.807, 2.05) is 19.0 Å². The Bertz CT molecular complexity index is 651. The van der Waals surface area contributed by atoms with Crippen LogP contribution in [0.1, 0.15) is 5.56 Å². The van der Waals surface area contributed by atoms with Crippen molar-refractivity contribution in [1.29, 1.82) is 0 Å². The van der Waals surface area contributed by atoms with Gasteiger partial charge in [-0.05, 0) is 17.7 Å². The number of nitrogens with two attached hydrogens (primary N) is 1. The van der Waals surface area contributed by atoms with E-state index >= 15 is 0 Å². The maximum Gasteiger partial charge on any atom is 0.269 e. The molecular formula is C13H15ClN4O. The number of hydrogen-bond acceptors (Lipinski definition) is 4. The zero-order chi connectivity index (χ0) is 14.0. The maximum atomic E-state index is 11.9. The second kappa shape index (κ2) is 5.32. The number of benzene rings is 1. The number of rotatable bonds is 3. The normalized spacial score (nSPS) is 10.5. The van der Waals surface area contributed by atoms with Crippen LogP contribution in [0.5, 0.6) is 0 Å². The van der Waals surface area contributed by atoms with Crippen LogP contribution in [0.15, 0.2) is 35.3 Å². The molecule has 0 atom stereocenters. The van der Waals surface area contributed by atoms with Crippen molar-refractivity contribution in [1.82, 2.24) is 9.78 Å². The van der Waals surface area contributed by atoms with E-state index in [4.69, 9.17) is 17.3 Å². The number of nitrogens with zero attached hydrogens (tertiary/aromatic N) is 3. The minimum atomic E-state index is -0.166. The molecule has 0 saturated carbocycles. The highest BCUT2D eigenvalue weighted by molar-refractivity contribution is 6.30. The third kappa shape index (κ3) is 3.06. The summed E-state index contributed by atoms with van der Waals surface area (Å²) in [4.78, 5) is 13.8. The SMILES string of the molecule is CN(C)c1cnn(Cc2ccc(Cl)cc2N)c(=O)c1. The topological polar surface area (TPSA) is 64.2 Å². The summed E-state index contributed by atoms with van der Waals surface area (Å²) >= 11 is 5.84. The highest BCUT2D eigenvalue weighted by Gasteiger charge is 2.05. The van der Waals surface area contributed by atoms with Gasteiger partial charge in [-0.3, -0.25) is 4.79 Å². The molecule has 6 heteroatoms. The van der Waals surface area contributed by atoms with Crippen LogP contribution in [0.3, 0.4) is 0 Å². The molecule has 0 saturated heterocycles. The third-order valence-electron chi connectivity index (χ3n) is 2.80. The number of hydrogen-bond donors (Lipinski definition) is 1. The lowest BCUT2D eigenvalue weighted by molar-refractivity contribution is 0.639. The van der Waals surface area contributed by atoms with Gasteiger partial charge in [0.25, 0.3) is 5.56 Å². The van der Waals surface area contributed by atoms with Crippen molar-refractivity contribution in [2.75, 3.05) is 24.7 Å². The molecule has 1 aromatic heterocycles.